The summed E-state index contributed by atoms with van der Waals surface area (Å²) < 4.78 is 17.6. The first-order chi connectivity index (χ1) is 11.7. The molecule has 0 saturated carbocycles. The van der Waals surface area contributed by atoms with Gasteiger partial charge in [-0.1, -0.05) is 12.1 Å². The van der Waals surface area contributed by atoms with Crippen molar-refractivity contribution < 1.29 is 14.2 Å². The molecule has 0 saturated heterocycles. The largest absolute Gasteiger partial charge is 0.496 e. The van der Waals surface area contributed by atoms with Gasteiger partial charge in [0.25, 0.3) is 5.56 Å². The molecule has 0 aliphatic carbocycles. The molecule has 24 heavy (non-hydrogen) atoms. The van der Waals surface area contributed by atoms with Gasteiger partial charge in [0.2, 0.25) is 0 Å². The molecule has 0 aliphatic rings. The summed E-state index contributed by atoms with van der Waals surface area (Å²) in [6, 6.07) is 10.8. The van der Waals surface area contributed by atoms with E-state index in [-0.39, 0.29) is 5.56 Å². The van der Waals surface area contributed by atoms with Gasteiger partial charge in [0.15, 0.2) is 0 Å². The number of para-hydroxylation sites is 1. The fourth-order valence-corrected chi connectivity index (χ4v) is 2.69. The number of hydrogen-bond acceptors (Lipinski definition) is 5. The topological polar surface area (TPSA) is 62.6 Å². The highest BCUT2D eigenvalue weighted by molar-refractivity contribution is 5.83. The van der Waals surface area contributed by atoms with E-state index in [4.69, 9.17) is 14.2 Å². The van der Waals surface area contributed by atoms with Crippen LogP contribution >= 0.6 is 0 Å². The van der Waals surface area contributed by atoms with Crippen LogP contribution < -0.4 is 19.8 Å². The van der Waals surface area contributed by atoms with Gasteiger partial charge in [-0.25, -0.2) is 4.98 Å². The Morgan fingerprint density at radius 3 is 2.12 bits per heavy atom. The van der Waals surface area contributed by atoms with Crippen molar-refractivity contribution >= 4 is 10.9 Å². The van der Waals surface area contributed by atoms with Gasteiger partial charge in [0.1, 0.15) is 22.8 Å². The number of rotatable bonds is 5. The zero-order valence-electron chi connectivity index (χ0n) is 13.8. The molecule has 0 spiro atoms. The summed E-state index contributed by atoms with van der Waals surface area (Å²) in [6.45, 7) is 0.298. The maximum absolute atomic E-state index is 12.8. The van der Waals surface area contributed by atoms with E-state index in [9.17, 15) is 4.79 Å². The summed E-state index contributed by atoms with van der Waals surface area (Å²) in [7, 11) is 4.73. The first-order valence-corrected chi connectivity index (χ1v) is 7.41. The van der Waals surface area contributed by atoms with Gasteiger partial charge in [0.05, 0.1) is 45.2 Å². The molecule has 6 nitrogen and oxygen atoms in total. The van der Waals surface area contributed by atoms with E-state index >= 15 is 0 Å². The highest BCUT2D eigenvalue weighted by atomic mass is 16.5. The van der Waals surface area contributed by atoms with Crippen LogP contribution in [0.5, 0.6) is 17.2 Å². The average molecular weight is 326 g/mol. The predicted molar refractivity (Wildman–Crippen MR) is 91.2 cm³/mol. The van der Waals surface area contributed by atoms with Gasteiger partial charge in [-0.05, 0) is 24.3 Å². The van der Waals surface area contributed by atoms with Crippen molar-refractivity contribution in [3.8, 4) is 17.2 Å². The van der Waals surface area contributed by atoms with Gasteiger partial charge in [-0.2, -0.15) is 0 Å². The number of benzene rings is 2. The van der Waals surface area contributed by atoms with Crippen molar-refractivity contribution in [2.24, 2.45) is 0 Å². The van der Waals surface area contributed by atoms with Crippen molar-refractivity contribution in [3.63, 3.8) is 0 Å². The fraction of sp³-hybridized carbons (Fsp3) is 0.222. The van der Waals surface area contributed by atoms with Crippen molar-refractivity contribution in [2.45, 2.75) is 6.54 Å². The minimum atomic E-state index is -0.146. The molecule has 2 aromatic carbocycles. The Kier molecular flexibility index (Phi) is 4.37. The van der Waals surface area contributed by atoms with Crippen LogP contribution in [0.4, 0.5) is 0 Å². The first-order valence-electron chi connectivity index (χ1n) is 7.41. The quantitative estimate of drug-likeness (QED) is 0.721. The molecule has 0 fully saturated rings. The molecule has 0 N–H and O–H groups in total. The van der Waals surface area contributed by atoms with Crippen LogP contribution in [0.3, 0.4) is 0 Å². The molecule has 6 heteroatoms. The van der Waals surface area contributed by atoms with Crippen LogP contribution in [0, 0.1) is 0 Å². The summed E-state index contributed by atoms with van der Waals surface area (Å²) in [6.07, 6.45) is 1.51. The standard InChI is InChI=1S/C18H18N2O4/c1-22-14-7-5-8-15(23-2)13(14)10-20-11-19-17-12(18(20)21)6-4-9-16(17)24-3/h4-9,11H,10H2,1-3H3. The van der Waals surface area contributed by atoms with Crippen molar-refractivity contribution in [1.29, 1.82) is 0 Å². The zero-order valence-corrected chi connectivity index (χ0v) is 13.8. The van der Waals surface area contributed by atoms with Crippen LogP contribution in [-0.4, -0.2) is 30.9 Å². The Bertz CT molecular complexity index is 912. The molecule has 0 aliphatic heterocycles. The highest BCUT2D eigenvalue weighted by Crippen LogP contribution is 2.29. The minimum Gasteiger partial charge on any atom is -0.496 e. The van der Waals surface area contributed by atoms with E-state index in [0.717, 1.165) is 5.56 Å². The second kappa shape index (κ2) is 6.62. The third-order valence-corrected chi connectivity index (χ3v) is 3.89. The SMILES string of the molecule is COc1cccc(OC)c1Cn1cnc2c(OC)cccc2c1=O. The lowest BCUT2D eigenvalue weighted by Gasteiger charge is -2.14. The molecule has 0 radical (unpaired) electrons. The number of fused-ring (bicyclic) bond motifs is 1. The lowest BCUT2D eigenvalue weighted by molar-refractivity contribution is 0.383. The molecular weight excluding hydrogens is 308 g/mol. The monoisotopic (exact) mass is 326 g/mol. The maximum Gasteiger partial charge on any atom is 0.261 e. The van der Waals surface area contributed by atoms with Crippen molar-refractivity contribution in [2.75, 3.05) is 21.3 Å². The lowest BCUT2D eigenvalue weighted by atomic mass is 10.1. The Morgan fingerprint density at radius 2 is 1.50 bits per heavy atom. The first kappa shape index (κ1) is 15.9. The van der Waals surface area contributed by atoms with Crippen LogP contribution in [0.25, 0.3) is 10.9 Å². The smallest absolute Gasteiger partial charge is 0.261 e. The van der Waals surface area contributed by atoms with Crippen LogP contribution in [-0.2, 0) is 6.54 Å². The highest BCUT2D eigenvalue weighted by Gasteiger charge is 2.13. The van der Waals surface area contributed by atoms with E-state index in [0.29, 0.717) is 34.7 Å². The Hall–Kier alpha value is -3.02. The summed E-state index contributed by atoms with van der Waals surface area (Å²) in [5, 5.41) is 0.505. The molecule has 1 aromatic heterocycles. The minimum absolute atomic E-state index is 0.146. The predicted octanol–water partition coefficient (Wildman–Crippen LogP) is 2.47. The number of hydrogen-bond donors (Lipinski definition) is 0. The molecule has 124 valence electrons. The molecule has 0 bridgehead atoms. The summed E-state index contributed by atoms with van der Waals surface area (Å²) in [4.78, 5) is 17.2. The third-order valence-electron chi connectivity index (χ3n) is 3.89. The van der Waals surface area contributed by atoms with E-state index in [2.05, 4.69) is 4.98 Å². The number of ether oxygens (including phenoxy) is 3. The fourth-order valence-electron chi connectivity index (χ4n) is 2.69. The number of methoxy groups -OCH3 is 3. The lowest BCUT2D eigenvalue weighted by Crippen LogP contribution is -2.21. The summed E-state index contributed by atoms with van der Waals surface area (Å²) in [5.74, 6) is 1.89. The average Bonchev–Trinajstić information content (AvgIpc) is 2.63. The van der Waals surface area contributed by atoms with Crippen molar-refractivity contribution in [1.82, 2.24) is 9.55 Å². The molecule has 3 rings (SSSR count). The van der Waals surface area contributed by atoms with E-state index in [1.807, 2.05) is 18.2 Å². The Labute approximate surface area is 139 Å². The molecule has 1 heterocycles. The van der Waals surface area contributed by atoms with Crippen LogP contribution in [0.15, 0.2) is 47.5 Å². The van der Waals surface area contributed by atoms with Crippen LogP contribution in [0.2, 0.25) is 0 Å². The Balaban J connectivity index is 2.13. The summed E-state index contributed by atoms with van der Waals surface area (Å²) in [5.41, 5.74) is 1.19. The van der Waals surface area contributed by atoms with Crippen molar-refractivity contribution in [3.05, 3.63) is 58.6 Å². The van der Waals surface area contributed by atoms with Gasteiger partial charge in [-0.3, -0.25) is 9.36 Å². The van der Waals surface area contributed by atoms with Crippen LogP contribution in [0.1, 0.15) is 5.56 Å². The number of nitrogens with zero attached hydrogens (tertiary/aromatic N) is 2. The van der Waals surface area contributed by atoms with E-state index < -0.39 is 0 Å². The molecule has 3 aromatic rings. The van der Waals surface area contributed by atoms with E-state index in [1.54, 1.807) is 39.5 Å². The van der Waals surface area contributed by atoms with Gasteiger partial charge in [-0.15, -0.1) is 0 Å². The van der Waals surface area contributed by atoms with E-state index in [1.165, 1.54) is 10.9 Å². The zero-order chi connectivity index (χ0) is 17.1. The second-order valence-corrected chi connectivity index (χ2v) is 5.18. The molecule has 0 unspecified atom stereocenters. The normalized spacial score (nSPS) is 10.6. The second-order valence-electron chi connectivity index (χ2n) is 5.18. The summed E-state index contributed by atoms with van der Waals surface area (Å²) >= 11 is 0. The molecular formula is C18H18N2O4. The molecule has 0 atom stereocenters. The van der Waals surface area contributed by atoms with Gasteiger partial charge < -0.3 is 14.2 Å². The molecule has 0 amide bonds. The number of aromatic nitrogens is 2. The Morgan fingerprint density at radius 1 is 0.917 bits per heavy atom. The van der Waals surface area contributed by atoms with Gasteiger partial charge >= 0.3 is 0 Å². The third kappa shape index (κ3) is 2.67. The van der Waals surface area contributed by atoms with Gasteiger partial charge in [0, 0.05) is 0 Å². The maximum atomic E-state index is 12.8.